The first-order chi connectivity index (χ1) is 34.0. The molecule has 0 aromatic heterocycles. The van der Waals surface area contributed by atoms with E-state index in [-0.39, 0.29) is 55.0 Å². The van der Waals surface area contributed by atoms with E-state index in [1.807, 2.05) is 55.4 Å². The van der Waals surface area contributed by atoms with Crippen LogP contribution >= 0.6 is 0 Å². The quantitative estimate of drug-likeness (QED) is 0.0337. The highest BCUT2D eigenvalue weighted by atomic mass is 16.6. The third kappa shape index (κ3) is 17.4. The van der Waals surface area contributed by atoms with Gasteiger partial charge in [0.15, 0.2) is 0 Å². The van der Waals surface area contributed by atoms with Crippen LogP contribution in [0.4, 0.5) is 4.79 Å². The van der Waals surface area contributed by atoms with Crippen LogP contribution < -0.4 is 21.3 Å². The third-order valence-corrected chi connectivity index (χ3v) is 18.0. The minimum Gasteiger partial charge on any atom is -0.446 e. The first kappa shape index (κ1) is 60.1. The van der Waals surface area contributed by atoms with Gasteiger partial charge in [-0.05, 0) is 172 Å². The summed E-state index contributed by atoms with van der Waals surface area (Å²) in [7, 11) is 0. The molecular weight excluding hydrogens is 923 g/mol. The van der Waals surface area contributed by atoms with Crippen LogP contribution in [-0.4, -0.2) is 102 Å². The molecule has 0 aromatic carbocycles. The fraction of sp³-hybridized carbons (Fsp3) is 0.831. The summed E-state index contributed by atoms with van der Waals surface area (Å²) >= 11 is 0. The van der Waals surface area contributed by atoms with E-state index in [0.29, 0.717) is 57.4 Å². The molecule has 1 heterocycles. The Morgan fingerprint density at radius 3 is 1.88 bits per heavy atom. The van der Waals surface area contributed by atoms with Crippen molar-refractivity contribution in [2.75, 3.05) is 32.8 Å². The van der Waals surface area contributed by atoms with Crippen LogP contribution in [0.15, 0.2) is 23.8 Å². The van der Waals surface area contributed by atoms with E-state index in [2.05, 4.69) is 62.0 Å². The smallest absolute Gasteiger partial charge is 0.407 e. The predicted molar refractivity (Wildman–Crippen MR) is 287 cm³/mol. The molecule has 0 saturated heterocycles. The number of carbonyl (C=O) groups is 6. The molecule has 4 N–H and O–H groups in total. The van der Waals surface area contributed by atoms with Gasteiger partial charge < -0.3 is 35.5 Å². The second-order valence-corrected chi connectivity index (χ2v) is 26.3. The molecule has 6 amide bonds. The summed E-state index contributed by atoms with van der Waals surface area (Å²) in [5, 5.41) is 11.9. The predicted octanol–water partition coefficient (Wildman–Crippen LogP) is 10.3. The number of fused-ring (bicyclic) bond motifs is 5. The third-order valence-electron chi connectivity index (χ3n) is 18.0. The molecule has 0 radical (unpaired) electrons. The lowest BCUT2D eigenvalue weighted by Gasteiger charge is -2.58. The Balaban J connectivity index is 0.908. The van der Waals surface area contributed by atoms with Crippen LogP contribution in [0.5, 0.6) is 0 Å². The average Bonchev–Trinajstić information content (AvgIpc) is 3.81. The van der Waals surface area contributed by atoms with Crippen LogP contribution in [0, 0.1) is 46.3 Å². The molecule has 414 valence electrons. The minimum atomic E-state index is -0.578. The minimum absolute atomic E-state index is 0.0166. The molecule has 5 rings (SSSR count). The molecule has 0 bridgehead atoms. The van der Waals surface area contributed by atoms with Gasteiger partial charge in [0, 0.05) is 81.8 Å². The van der Waals surface area contributed by atoms with E-state index in [0.717, 1.165) is 59.7 Å². The van der Waals surface area contributed by atoms with Crippen LogP contribution in [0.2, 0.25) is 0 Å². The van der Waals surface area contributed by atoms with Crippen LogP contribution in [-0.2, 0) is 38.2 Å². The zero-order valence-electron chi connectivity index (χ0n) is 47.7. The largest absolute Gasteiger partial charge is 0.446 e. The molecule has 0 unspecified atom stereocenters. The van der Waals surface area contributed by atoms with Crippen LogP contribution in [0.25, 0.3) is 0 Å². The van der Waals surface area contributed by atoms with Crippen molar-refractivity contribution in [2.24, 2.45) is 46.3 Å². The van der Waals surface area contributed by atoms with E-state index in [1.165, 1.54) is 69.1 Å². The summed E-state index contributed by atoms with van der Waals surface area (Å²) in [6.45, 7) is 29.3. The number of nitrogens with zero attached hydrogens (tertiary/aromatic N) is 1. The number of allylic oxidation sites excluding steroid dienone is 1. The number of amides is 6. The SMILES string of the molecule is CC(C)CCC[C@@H](C)[C@H]1CC[C@H]2[C@@H]3CC=C4C[C@@H](OC(=O)NCCNC(=O)CCC(C)(C)OCCC(C)(C)NC(=O)CCC(C)(C)OCCC(C)(C)NC(=O)CCN5C(=O)C=CC5=O)CC[C@]4(C)[C@H]3CC[C@]12C. The van der Waals surface area contributed by atoms with Gasteiger partial charge in [0.1, 0.15) is 6.10 Å². The van der Waals surface area contributed by atoms with Crippen molar-refractivity contribution in [1.29, 1.82) is 0 Å². The van der Waals surface area contributed by atoms with Crippen molar-refractivity contribution in [1.82, 2.24) is 26.2 Å². The standard InChI is InChI=1S/C59H99N5O9/c1-40(2)15-14-16-41(3)45-19-20-46-44-18-17-42-39-43(23-30-58(42,12)47(44)24-31-59(45,46)13)73-53(70)61-35-34-60-48(65)25-28-56(8,9)71-37-32-54(4,5)62-49(66)26-29-57(10,11)72-38-33-55(6,7)63-50(67)27-36-64-51(68)21-22-52(64)69/h17,21-22,40-41,43-47H,14-16,18-20,23-39H2,1-13H3,(H,60,65)(H,61,70)(H,62,66)(H,63,67)/t41-,43+,44+,45-,46+,47+,58+,59-/m1/s1. The lowest BCUT2D eigenvalue weighted by Crippen LogP contribution is -2.51. The van der Waals surface area contributed by atoms with Crippen molar-refractivity contribution >= 4 is 35.6 Å². The van der Waals surface area contributed by atoms with Crippen molar-refractivity contribution in [3.63, 3.8) is 0 Å². The van der Waals surface area contributed by atoms with Gasteiger partial charge in [-0.2, -0.15) is 0 Å². The van der Waals surface area contributed by atoms with E-state index in [9.17, 15) is 28.8 Å². The van der Waals surface area contributed by atoms with E-state index >= 15 is 0 Å². The van der Waals surface area contributed by atoms with Gasteiger partial charge in [0.25, 0.3) is 11.8 Å². The first-order valence-electron chi connectivity index (χ1n) is 28.4. The zero-order valence-corrected chi connectivity index (χ0v) is 47.7. The number of imide groups is 1. The number of rotatable bonds is 28. The molecule has 3 fully saturated rings. The number of carbonyl (C=O) groups excluding carboxylic acids is 6. The summed E-state index contributed by atoms with van der Waals surface area (Å²) in [6.07, 6.45) is 20.6. The Labute approximate surface area is 440 Å². The summed E-state index contributed by atoms with van der Waals surface area (Å²) in [5.74, 6) is 3.52. The Hall–Kier alpha value is -3.78. The molecule has 3 saturated carbocycles. The highest BCUT2D eigenvalue weighted by Crippen LogP contribution is 2.67. The van der Waals surface area contributed by atoms with Gasteiger partial charge >= 0.3 is 6.09 Å². The average molecular weight is 1020 g/mol. The number of alkyl carbamates (subject to hydrolysis) is 1. The maximum atomic E-state index is 13.0. The molecular formula is C59H99N5O9. The van der Waals surface area contributed by atoms with Crippen molar-refractivity contribution in [3.8, 4) is 0 Å². The zero-order chi connectivity index (χ0) is 54.0. The number of hydrogen-bond donors (Lipinski definition) is 4. The maximum absolute atomic E-state index is 13.0. The second kappa shape index (κ2) is 25.4. The second-order valence-electron chi connectivity index (χ2n) is 26.3. The molecule has 0 aromatic rings. The number of nitrogens with one attached hydrogen (secondary N) is 4. The summed E-state index contributed by atoms with van der Waals surface area (Å²) in [5.41, 5.74) is -0.0464. The topological polar surface area (TPSA) is 181 Å². The molecule has 8 atom stereocenters. The highest BCUT2D eigenvalue weighted by Gasteiger charge is 2.59. The Bertz CT molecular complexity index is 1970. The van der Waals surface area contributed by atoms with Gasteiger partial charge in [-0.3, -0.25) is 28.9 Å². The Morgan fingerprint density at radius 2 is 1.27 bits per heavy atom. The fourth-order valence-corrected chi connectivity index (χ4v) is 13.4. The van der Waals surface area contributed by atoms with Crippen molar-refractivity contribution in [3.05, 3.63) is 23.8 Å². The summed E-state index contributed by atoms with van der Waals surface area (Å²) in [4.78, 5) is 75.9. The van der Waals surface area contributed by atoms with Crippen molar-refractivity contribution in [2.45, 2.75) is 234 Å². The van der Waals surface area contributed by atoms with Crippen LogP contribution in [0.1, 0.15) is 206 Å². The molecule has 73 heavy (non-hydrogen) atoms. The van der Waals surface area contributed by atoms with E-state index < -0.39 is 40.2 Å². The van der Waals surface area contributed by atoms with Crippen LogP contribution in [0.3, 0.4) is 0 Å². The van der Waals surface area contributed by atoms with E-state index in [4.69, 9.17) is 14.2 Å². The number of ether oxygens (including phenoxy) is 3. The molecule has 14 heteroatoms. The van der Waals surface area contributed by atoms with Gasteiger partial charge in [0.2, 0.25) is 17.7 Å². The van der Waals surface area contributed by atoms with Gasteiger partial charge in [-0.1, -0.05) is 65.5 Å². The maximum Gasteiger partial charge on any atom is 0.407 e. The lowest BCUT2D eigenvalue weighted by atomic mass is 9.47. The normalized spacial score (nSPS) is 26.7. The lowest BCUT2D eigenvalue weighted by molar-refractivity contribution is -0.137. The first-order valence-corrected chi connectivity index (χ1v) is 28.4. The van der Waals surface area contributed by atoms with E-state index in [1.54, 1.807) is 0 Å². The molecule has 14 nitrogen and oxygen atoms in total. The summed E-state index contributed by atoms with van der Waals surface area (Å²) < 4.78 is 18.3. The monoisotopic (exact) mass is 1020 g/mol. The van der Waals surface area contributed by atoms with Crippen molar-refractivity contribution < 1.29 is 43.0 Å². The fourth-order valence-electron chi connectivity index (χ4n) is 13.4. The van der Waals surface area contributed by atoms with Gasteiger partial charge in [-0.15, -0.1) is 0 Å². The molecule has 4 aliphatic carbocycles. The Kier molecular flexibility index (Phi) is 20.9. The molecule has 5 aliphatic rings. The van der Waals surface area contributed by atoms with Gasteiger partial charge in [0.05, 0.1) is 11.2 Å². The molecule has 0 spiro atoms. The number of hydrogen-bond acceptors (Lipinski definition) is 9. The highest BCUT2D eigenvalue weighted by molar-refractivity contribution is 6.13. The molecule has 1 aliphatic heterocycles. The Morgan fingerprint density at radius 1 is 0.699 bits per heavy atom. The summed E-state index contributed by atoms with van der Waals surface area (Å²) in [6, 6.07) is 0. The van der Waals surface area contributed by atoms with Gasteiger partial charge in [-0.25, -0.2) is 4.79 Å².